The fraction of sp³-hybridized carbons (Fsp3) is 0.165. The second-order valence-electron chi connectivity index (χ2n) is 30.8. The molecule has 13 nitrogen and oxygen atoms in total. The molecular weight excluding hydrogens is 1520 g/mol. The van der Waals surface area contributed by atoms with Crippen LogP contribution in [0.5, 0.6) is 28.7 Å². The van der Waals surface area contributed by atoms with E-state index >= 15 is 0 Å². The van der Waals surface area contributed by atoms with E-state index in [-0.39, 0.29) is 17.4 Å². The highest BCUT2D eigenvalue weighted by molar-refractivity contribution is 5.85. The number of aromatic hydroxyl groups is 1. The van der Waals surface area contributed by atoms with E-state index in [1.165, 1.54) is 91.2 Å². The number of aryl methyl sites for hydroxylation is 1. The Morgan fingerprint density at radius 1 is 0.402 bits per heavy atom. The number of aliphatic hydroxyl groups excluding tert-OH is 5. The number of epoxide rings is 1. The van der Waals surface area contributed by atoms with Crippen LogP contribution in [0, 0.1) is 12.8 Å². The van der Waals surface area contributed by atoms with E-state index in [1.807, 2.05) is 188 Å². The molecule has 1 aliphatic heterocycles. The lowest BCUT2D eigenvalue weighted by atomic mass is 10.00. The van der Waals surface area contributed by atoms with Gasteiger partial charge < -0.3 is 59.4 Å². The van der Waals surface area contributed by atoms with Crippen LogP contribution in [0.15, 0.2) is 352 Å². The van der Waals surface area contributed by atoms with Crippen LogP contribution < -0.4 is 18.9 Å². The van der Waals surface area contributed by atoms with Crippen molar-refractivity contribution < 1.29 is 65.6 Å². The van der Waals surface area contributed by atoms with Crippen molar-refractivity contribution in [3.63, 3.8) is 0 Å². The monoisotopic (exact) mass is 1620 g/mol. The van der Waals surface area contributed by atoms with Crippen molar-refractivity contribution in [3.8, 4) is 97.2 Å². The number of aliphatic hydroxyl groups is 5. The average Bonchev–Trinajstić information content (AvgIpc) is 1.59. The van der Waals surface area contributed by atoms with Crippen molar-refractivity contribution in [2.75, 3.05) is 0 Å². The van der Waals surface area contributed by atoms with Crippen LogP contribution in [0.2, 0.25) is 0 Å². The molecule has 14 aromatic carbocycles. The molecule has 6 aliphatic rings. The van der Waals surface area contributed by atoms with Crippen LogP contribution in [-0.2, 0) is 68.1 Å². The Hall–Kier alpha value is -13.7. The van der Waals surface area contributed by atoms with E-state index in [0.29, 0.717) is 51.5 Å². The third-order valence-electron chi connectivity index (χ3n) is 22.2. The maximum Gasteiger partial charge on any atom is 0.330 e. The topological polar surface area (TPSA) is 208 Å². The first kappa shape index (κ1) is 83.4. The van der Waals surface area contributed by atoms with E-state index in [2.05, 4.69) is 159 Å². The standard InChI is InChI=1S/C22H20O3.C22H18O2.C22H20O2.C22H18O.C15H14O3.C4H6O2.C2H2/c23-21-13-18-12-17(8-11-20(18)22(21)24)16-6-9-19(10-7-16)25-14-15-4-2-1-3-5-15;1-2-4-15(5-3-1)14-23-19-9-6-16(7-10-19)17-8-11-20-18(12-17)13-21-22(20)24-21;23-22-13-9-19-14-18(8-12-21(19)22)17-6-10-20(11-7-17)24-15-16-4-2-1-3-5-16;1-2-5-17(6-3-1)16-23-22-13-11-19(12-14-22)21-10-9-18-7-4-8-20(18)15-21;16-12-4-1-9(2-5-12)10-3-6-13-11(7-10)8-14(17)15(13)18;1-3(2)4(5)6;1-2/h1-12,21-24H,13-14H2;1-12,21-22H,13-14H2;1-8,10-12,14,22-23H,9,13,15H2;1-7,9-15H,8,16H2;1-7,14-18H,8H2;1H2,2H3,(H,5,6);1-2H/i;;;;;;1D. The van der Waals surface area contributed by atoms with Gasteiger partial charge in [0, 0.05) is 24.8 Å². The van der Waals surface area contributed by atoms with Gasteiger partial charge in [0.2, 0.25) is 0 Å². The van der Waals surface area contributed by atoms with Gasteiger partial charge in [-0.3, -0.25) is 0 Å². The minimum Gasteiger partial charge on any atom is -0.508 e. The Balaban J connectivity index is 0.000000123. The van der Waals surface area contributed by atoms with Crippen LogP contribution in [0.25, 0.3) is 61.7 Å². The highest BCUT2D eigenvalue weighted by Gasteiger charge is 2.47. The van der Waals surface area contributed by atoms with Crippen molar-refractivity contribution in [1.29, 1.82) is 0 Å². The van der Waals surface area contributed by atoms with Crippen LogP contribution in [-0.4, -0.2) is 60.0 Å². The Labute approximate surface area is 715 Å². The quantitative estimate of drug-likeness (QED) is 0.0243. The third kappa shape index (κ3) is 22.2. The summed E-state index contributed by atoms with van der Waals surface area (Å²) in [5.74, 6) is 2.82. The largest absolute Gasteiger partial charge is 0.508 e. The number of rotatable bonds is 18. The second-order valence-corrected chi connectivity index (χ2v) is 30.8. The lowest BCUT2D eigenvalue weighted by molar-refractivity contribution is -0.132. The predicted molar refractivity (Wildman–Crippen MR) is 483 cm³/mol. The number of hydrogen-bond donors (Lipinski definition) is 7. The van der Waals surface area contributed by atoms with Crippen LogP contribution in [0.4, 0.5) is 0 Å². The van der Waals surface area contributed by atoms with E-state index in [4.69, 9.17) is 30.2 Å². The lowest BCUT2D eigenvalue weighted by Gasteiger charge is -2.09. The van der Waals surface area contributed by atoms with E-state index in [0.717, 1.165) is 104 Å². The summed E-state index contributed by atoms with van der Waals surface area (Å²) in [7, 11) is 0. The molecule has 20 rings (SSSR count). The number of terminal acetylenes is 1. The van der Waals surface area contributed by atoms with Gasteiger partial charge in [-0.15, -0.1) is 12.8 Å². The van der Waals surface area contributed by atoms with E-state index in [9.17, 15) is 35.4 Å². The van der Waals surface area contributed by atoms with Gasteiger partial charge in [-0.2, -0.15) is 0 Å². The zero-order valence-corrected chi connectivity index (χ0v) is 67.9. The molecule has 122 heavy (non-hydrogen) atoms. The molecular formula is C109H98O13. The number of ether oxygens (including phenoxy) is 5. The summed E-state index contributed by atoms with van der Waals surface area (Å²) in [4.78, 5) is 9.60. The normalized spacial score (nSPS) is 17.0. The third-order valence-corrected chi connectivity index (χ3v) is 22.2. The van der Waals surface area contributed by atoms with Crippen molar-refractivity contribution >= 4 is 12.0 Å². The molecule has 13 heteroatoms. The van der Waals surface area contributed by atoms with Gasteiger partial charge in [0.05, 0.1) is 24.4 Å². The number of allylic oxidation sites excluding steroid dienone is 1. The first-order valence-corrected chi connectivity index (χ1v) is 41.0. The van der Waals surface area contributed by atoms with Gasteiger partial charge >= 0.3 is 5.97 Å². The highest BCUT2D eigenvalue weighted by atomic mass is 16.6. The van der Waals surface area contributed by atoms with Crippen LogP contribution in [0.1, 0.15) is 117 Å². The number of phenolic OH excluding ortho intramolecular Hbond substituents is 1. The molecule has 7 unspecified atom stereocenters. The number of carboxylic acid groups (broad SMARTS) is 1. The Kier molecular flexibility index (Phi) is 27.9. The zero-order chi connectivity index (χ0) is 85.6. The molecule has 612 valence electrons. The first-order chi connectivity index (χ1) is 59.9. The lowest BCUT2D eigenvalue weighted by Crippen LogP contribution is -2.11. The van der Waals surface area contributed by atoms with Crippen LogP contribution >= 0.6 is 0 Å². The number of benzene rings is 14. The molecule has 0 amide bonds. The molecule has 1 saturated heterocycles. The SMILES string of the molecule is C1=Cc2ccc(-c3ccc(OCc4ccccc4)cc3)cc2C1.C=C(C)C(=O)O.OC1CCc2cc(-c3ccc(OCc4ccccc4)cc3)ccc21.OC1Cc2cc(-c3ccc(OCc4ccccc4)cc3)ccc2C1O.Oc1ccc(-c2ccc3c(c2)CC(O)C3O)cc1.[2H]C#C.c1ccc(COc2ccc(-c3ccc4c(c3)CC3OC43)cc2)cc1. The number of phenols is 1. The van der Waals surface area contributed by atoms with Crippen molar-refractivity contribution in [3.05, 3.63) is 430 Å². The summed E-state index contributed by atoms with van der Waals surface area (Å²) in [5.41, 5.74) is 28.0. The summed E-state index contributed by atoms with van der Waals surface area (Å²) in [6, 6.07) is 112. The summed E-state index contributed by atoms with van der Waals surface area (Å²) in [5, 5.41) is 66.2. The molecule has 7 atom stereocenters. The van der Waals surface area contributed by atoms with Gasteiger partial charge in [-0.05, 0) is 220 Å². The fourth-order valence-corrected chi connectivity index (χ4v) is 15.4. The molecule has 1 fully saturated rings. The average molecular weight is 1620 g/mol. The minimum atomic E-state index is -0.935. The van der Waals surface area contributed by atoms with Gasteiger partial charge in [0.15, 0.2) is 0 Å². The van der Waals surface area contributed by atoms with Crippen LogP contribution in [0.3, 0.4) is 0 Å². The summed E-state index contributed by atoms with van der Waals surface area (Å²) in [6.45, 7) is 6.93. The molecule has 7 N–H and O–H groups in total. The minimum absolute atomic E-state index is 0.176. The molecule has 0 aromatic heterocycles. The molecule has 14 aromatic rings. The maximum absolute atomic E-state index is 9.93. The Morgan fingerprint density at radius 2 is 0.705 bits per heavy atom. The zero-order valence-electron chi connectivity index (χ0n) is 68.9. The van der Waals surface area contributed by atoms with Gasteiger partial charge in [0.1, 0.15) is 74.9 Å². The second kappa shape index (κ2) is 40.9. The molecule has 1 heterocycles. The fourth-order valence-electron chi connectivity index (χ4n) is 15.4. The number of aliphatic carboxylic acids is 1. The Bertz CT molecular complexity index is 5780. The van der Waals surface area contributed by atoms with Crippen molar-refractivity contribution in [2.45, 2.75) is 115 Å². The summed E-state index contributed by atoms with van der Waals surface area (Å²) >= 11 is 0. The highest BCUT2D eigenvalue weighted by Crippen LogP contribution is 2.50. The number of carbonyl (C=O) groups is 1. The van der Waals surface area contributed by atoms with E-state index < -0.39 is 30.4 Å². The number of fused-ring (bicyclic) bond motifs is 7. The smallest absolute Gasteiger partial charge is 0.330 e. The summed E-state index contributed by atoms with van der Waals surface area (Å²) < 4.78 is 34.7. The van der Waals surface area contributed by atoms with Gasteiger partial charge in [0.25, 0.3) is 0 Å². The number of hydrogen-bond acceptors (Lipinski definition) is 12. The van der Waals surface area contributed by atoms with Crippen molar-refractivity contribution in [2.24, 2.45) is 0 Å². The number of carboxylic acids is 1. The van der Waals surface area contributed by atoms with Crippen molar-refractivity contribution in [1.82, 2.24) is 0 Å². The van der Waals surface area contributed by atoms with Gasteiger partial charge in [-0.25, -0.2) is 4.79 Å². The molecule has 0 spiro atoms. The maximum atomic E-state index is 9.93. The first-order valence-electron chi connectivity index (χ1n) is 41.5. The summed E-state index contributed by atoms with van der Waals surface area (Å²) in [6.07, 6.45) is 12.7. The van der Waals surface area contributed by atoms with Gasteiger partial charge in [-0.1, -0.05) is 292 Å². The molecule has 0 bridgehead atoms. The molecule has 0 radical (unpaired) electrons. The van der Waals surface area contributed by atoms with E-state index in [1.54, 1.807) is 12.1 Å². The Morgan fingerprint density at radius 3 is 1.07 bits per heavy atom. The molecule has 5 aliphatic carbocycles. The predicted octanol–water partition coefficient (Wildman–Crippen LogP) is 22.1. The molecule has 0 saturated carbocycles.